The number of non-ortho nitro benzene ring substituents is 1. The fourth-order valence-corrected chi connectivity index (χ4v) is 9.61. The minimum absolute atomic E-state index is 0.00174. The van der Waals surface area contributed by atoms with Crippen LogP contribution in [-0.2, 0) is 4.74 Å². The first-order chi connectivity index (χ1) is 19.4. The van der Waals surface area contributed by atoms with Gasteiger partial charge in [0.15, 0.2) is 13.2 Å². The third kappa shape index (κ3) is 4.49. The molecule has 0 radical (unpaired) electrons. The van der Waals surface area contributed by atoms with Crippen LogP contribution in [0.15, 0.2) is 93.1 Å². The Morgan fingerprint density at radius 1 is 1.02 bits per heavy atom. The third-order valence-corrected chi connectivity index (χ3v) is 11.5. The van der Waals surface area contributed by atoms with Crippen LogP contribution < -0.4 is 5.30 Å². The molecule has 0 bridgehead atoms. The second-order valence-electron chi connectivity index (χ2n) is 9.46. The van der Waals surface area contributed by atoms with Crippen molar-refractivity contribution in [2.45, 2.75) is 6.92 Å². The van der Waals surface area contributed by atoms with Crippen LogP contribution in [0.5, 0.6) is 0 Å². The smallest absolute Gasteiger partial charge is 0.270 e. The molecular formula is C28H27BrN7O3P. The Hall–Kier alpha value is -3.63. The van der Waals surface area contributed by atoms with E-state index in [1.54, 1.807) is 6.07 Å². The van der Waals surface area contributed by atoms with Gasteiger partial charge >= 0.3 is 0 Å². The normalized spacial score (nSPS) is 19.2. The van der Waals surface area contributed by atoms with Crippen LogP contribution in [0.25, 0.3) is 5.69 Å². The van der Waals surface area contributed by atoms with Crippen molar-refractivity contribution in [1.82, 2.24) is 19.1 Å². The fourth-order valence-electron chi connectivity index (χ4n) is 5.19. The lowest BCUT2D eigenvalue weighted by molar-refractivity contribution is -0.384. The summed E-state index contributed by atoms with van der Waals surface area (Å²) in [6, 6.07) is 24.8. The third-order valence-electron chi connectivity index (χ3n) is 7.05. The summed E-state index contributed by atoms with van der Waals surface area (Å²) in [6.07, 6.45) is 0. The maximum atomic E-state index is 11.5. The Morgan fingerprint density at radius 2 is 1.70 bits per heavy atom. The standard InChI is InChI=1S/C28H27BrN7O3P/c1-20-26-28(35(31-20)22-11-7-4-8-12-22)30-27(21-9-5-3-6-10-21)33(2)40(26,34-15-17-39-18-16-34)32-25-14-13-23(36(37)38)19-24(25)29/h3-14,19H,15-18H2,1-2H3/t40-/m0/s1. The molecule has 0 saturated carbocycles. The summed E-state index contributed by atoms with van der Waals surface area (Å²) in [5, 5.41) is 17.4. The topological polar surface area (TPSA) is 101 Å². The second-order valence-corrected chi connectivity index (χ2v) is 13.3. The molecule has 2 aliphatic heterocycles. The van der Waals surface area contributed by atoms with Gasteiger partial charge in [0.05, 0.1) is 45.0 Å². The fraction of sp³-hybridized carbons (Fsp3) is 0.214. The number of rotatable bonds is 5. The summed E-state index contributed by atoms with van der Waals surface area (Å²) in [7, 11) is -0.754. The Labute approximate surface area is 240 Å². The van der Waals surface area contributed by atoms with E-state index in [2.05, 4.69) is 25.3 Å². The highest BCUT2D eigenvalue weighted by atomic mass is 79.9. The van der Waals surface area contributed by atoms with Gasteiger partial charge in [0.1, 0.15) is 5.84 Å². The van der Waals surface area contributed by atoms with Gasteiger partial charge in [-0.2, -0.15) is 5.10 Å². The zero-order valence-corrected chi connectivity index (χ0v) is 24.5. The molecule has 10 nitrogen and oxygen atoms in total. The van der Waals surface area contributed by atoms with Crippen molar-refractivity contribution in [3.63, 3.8) is 0 Å². The highest BCUT2D eigenvalue weighted by Crippen LogP contribution is 2.62. The van der Waals surface area contributed by atoms with Crippen LogP contribution in [0.4, 0.5) is 17.2 Å². The van der Waals surface area contributed by atoms with Gasteiger partial charge in [0.25, 0.3) is 5.69 Å². The zero-order valence-electron chi connectivity index (χ0n) is 22.0. The number of nitro groups is 1. The molecule has 0 amide bonds. The van der Waals surface area contributed by atoms with E-state index < -0.39 is 12.3 Å². The Bertz CT molecular complexity index is 1670. The summed E-state index contributed by atoms with van der Waals surface area (Å²) in [5.74, 6) is 1.52. The lowest BCUT2D eigenvalue weighted by Crippen LogP contribution is -2.45. The lowest BCUT2D eigenvalue weighted by atomic mass is 10.2. The molecule has 3 aromatic carbocycles. The number of nitrogens with zero attached hydrogens (tertiary/aromatic N) is 7. The second kappa shape index (κ2) is 10.7. The number of ether oxygens (including phenoxy) is 1. The van der Waals surface area contributed by atoms with Gasteiger partial charge in [0, 0.05) is 37.8 Å². The van der Waals surface area contributed by atoms with Crippen molar-refractivity contribution >= 4 is 51.6 Å². The van der Waals surface area contributed by atoms with Crippen molar-refractivity contribution in [3.05, 3.63) is 105 Å². The zero-order chi connectivity index (χ0) is 27.9. The first-order valence-corrected chi connectivity index (χ1v) is 15.3. The number of benzene rings is 3. The summed E-state index contributed by atoms with van der Waals surface area (Å²) < 4.78 is 18.4. The van der Waals surface area contributed by atoms with Gasteiger partial charge in [-0.15, -0.1) is 0 Å². The first kappa shape index (κ1) is 26.6. The number of hydrogen-bond donors (Lipinski definition) is 0. The number of aryl methyl sites for hydroxylation is 1. The molecule has 4 aromatic rings. The number of amidine groups is 1. The summed E-state index contributed by atoms with van der Waals surface area (Å²) >= 11 is 3.58. The largest absolute Gasteiger partial charge is 0.379 e. The Kier molecular flexibility index (Phi) is 7.14. The van der Waals surface area contributed by atoms with E-state index in [0.29, 0.717) is 36.5 Å². The quantitative estimate of drug-likeness (QED) is 0.150. The molecular weight excluding hydrogens is 593 g/mol. The van der Waals surface area contributed by atoms with Crippen LogP contribution in [0.3, 0.4) is 0 Å². The predicted molar refractivity (Wildman–Crippen MR) is 161 cm³/mol. The molecule has 0 spiro atoms. The number of hydrogen-bond acceptors (Lipinski definition) is 6. The average Bonchev–Trinajstić information content (AvgIpc) is 3.32. The average molecular weight is 620 g/mol. The number of aliphatic imine (C=N–C) groups is 1. The molecule has 12 heteroatoms. The lowest BCUT2D eigenvalue weighted by Gasteiger charge is -2.46. The molecule has 40 heavy (non-hydrogen) atoms. The van der Waals surface area contributed by atoms with Crippen molar-refractivity contribution < 1.29 is 9.66 Å². The van der Waals surface area contributed by atoms with Crippen LogP contribution in [0, 0.1) is 17.0 Å². The minimum Gasteiger partial charge on any atom is -0.379 e. The van der Waals surface area contributed by atoms with E-state index in [9.17, 15) is 10.1 Å². The number of nitro benzene ring substituents is 1. The van der Waals surface area contributed by atoms with Gasteiger partial charge in [-0.3, -0.25) is 10.1 Å². The van der Waals surface area contributed by atoms with E-state index in [4.69, 9.17) is 19.6 Å². The highest BCUT2D eigenvalue weighted by Gasteiger charge is 2.45. The van der Waals surface area contributed by atoms with Crippen LogP contribution >= 0.6 is 23.3 Å². The van der Waals surface area contributed by atoms with Crippen LogP contribution in [0.2, 0.25) is 0 Å². The summed E-state index contributed by atoms with van der Waals surface area (Å²) in [5.41, 5.74) is 3.34. The van der Waals surface area contributed by atoms with Gasteiger partial charge in [0.2, 0.25) is 0 Å². The molecule has 204 valence electrons. The predicted octanol–water partition coefficient (Wildman–Crippen LogP) is 6.20. The molecule has 1 fully saturated rings. The van der Waals surface area contributed by atoms with Crippen molar-refractivity contribution in [2.75, 3.05) is 33.4 Å². The van der Waals surface area contributed by atoms with Crippen LogP contribution in [-0.4, -0.2) is 63.2 Å². The molecule has 0 aliphatic carbocycles. The molecule has 1 aromatic heterocycles. The number of para-hydroxylation sites is 1. The minimum atomic E-state index is -2.80. The van der Waals surface area contributed by atoms with E-state index >= 15 is 0 Å². The molecule has 3 heterocycles. The maximum Gasteiger partial charge on any atom is 0.270 e. The SMILES string of the molecule is Cc1nn(-c2ccccc2)c2c1[P@@](=Nc1ccc([N+](=O)[O-])cc1Br)(N1CCOCC1)N(C)C(c1ccccc1)=N2. The Balaban J connectivity index is 1.70. The first-order valence-electron chi connectivity index (χ1n) is 12.8. The van der Waals surface area contributed by atoms with E-state index in [1.165, 1.54) is 12.1 Å². The van der Waals surface area contributed by atoms with E-state index in [0.717, 1.165) is 33.9 Å². The van der Waals surface area contributed by atoms with Gasteiger partial charge in [-0.1, -0.05) is 48.5 Å². The van der Waals surface area contributed by atoms with Crippen molar-refractivity contribution in [3.8, 4) is 5.69 Å². The monoisotopic (exact) mass is 619 g/mol. The molecule has 1 saturated heterocycles. The van der Waals surface area contributed by atoms with Gasteiger partial charge < -0.3 is 9.41 Å². The number of morpholine rings is 1. The molecule has 2 aliphatic rings. The number of aromatic nitrogens is 2. The van der Waals surface area contributed by atoms with Crippen molar-refractivity contribution in [1.29, 1.82) is 0 Å². The molecule has 0 unspecified atom stereocenters. The molecule has 0 N–H and O–H groups in total. The summed E-state index contributed by atoms with van der Waals surface area (Å²) in [4.78, 5) is 16.3. The molecule has 6 rings (SSSR count). The number of fused-ring (bicyclic) bond motifs is 1. The van der Waals surface area contributed by atoms with Gasteiger partial charge in [-0.05, 0) is 41.1 Å². The van der Waals surface area contributed by atoms with E-state index in [1.807, 2.05) is 79.3 Å². The number of halogens is 1. The van der Waals surface area contributed by atoms with Crippen LogP contribution in [0.1, 0.15) is 11.3 Å². The van der Waals surface area contributed by atoms with Crippen molar-refractivity contribution in [2.24, 2.45) is 9.74 Å². The highest BCUT2D eigenvalue weighted by molar-refractivity contribution is 9.10. The maximum absolute atomic E-state index is 11.5. The molecule has 1 atom stereocenters. The van der Waals surface area contributed by atoms with E-state index in [-0.39, 0.29) is 5.69 Å². The van der Waals surface area contributed by atoms with Gasteiger partial charge in [-0.25, -0.2) is 19.1 Å². The summed E-state index contributed by atoms with van der Waals surface area (Å²) in [6.45, 7) is 4.50. The Morgan fingerprint density at radius 3 is 2.35 bits per heavy atom.